The molecule has 24 heavy (non-hydrogen) atoms. The molecule has 3 rings (SSSR count). The smallest absolute Gasteiger partial charge is 0.270 e. The van der Waals surface area contributed by atoms with Crippen molar-refractivity contribution in [3.8, 4) is 0 Å². The van der Waals surface area contributed by atoms with Gasteiger partial charge >= 0.3 is 0 Å². The molecular weight excluding hydrogens is 351 g/mol. The number of nitrogens with one attached hydrogen (secondary N) is 2. The van der Waals surface area contributed by atoms with Crippen molar-refractivity contribution in [3.05, 3.63) is 46.3 Å². The lowest BCUT2D eigenvalue weighted by molar-refractivity contribution is -0.121. The van der Waals surface area contributed by atoms with Crippen molar-refractivity contribution >= 4 is 40.8 Å². The number of carbonyl (C=O) groups is 2. The van der Waals surface area contributed by atoms with Crippen LogP contribution in [-0.2, 0) is 4.79 Å². The van der Waals surface area contributed by atoms with Gasteiger partial charge in [0.05, 0.1) is 16.0 Å². The summed E-state index contributed by atoms with van der Waals surface area (Å²) >= 11 is 11.6. The first kappa shape index (κ1) is 16.8. The normalized spacial score (nSPS) is 17.6. The molecule has 0 radical (unpaired) electrons. The molecule has 3 heterocycles. The lowest BCUT2D eigenvalue weighted by Gasteiger charge is -2.31. The van der Waals surface area contributed by atoms with Crippen LogP contribution in [0.5, 0.6) is 0 Å². The van der Waals surface area contributed by atoms with Crippen LogP contribution < -0.4 is 5.32 Å². The van der Waals surface area contributed by atoms with Crippen LogP contribution in [0.2, 0.25) is 10.0 Å². The van der Waals surface area contributed by atoms with E-state index in [1.54, 1.807) is 29.3 Å². The van der Waals surface area contributed by atoms with Crippen LogP contribution in [0, 0.1) is 5.92 Å². The number of hydrogen-bond acceptors (Lipinski definition) is 3. The Labute approximate surface area is 149 Å². The maximum Gasteiger partial charge on any atom is 0.270 e. The Morgan fingerprint density at radius 3 is 2.79 bits per heavy atom. The maximum atomic E-state index is 12.5. The Hall–Kier alpha value is -2.05. The average Bonchev–Trinajstić information content (AvgIpc) is 3.03. The van der Waals surface area contributed by atoms with Gasteiger partial charge in [-0.1, -0.05) is 23.2 Å². The van der Waals surface area contributed by atoms with E-state index in [0.717, 1.165) is 12.8 Å². The molecule has 1 atom stereocenters. The first-order chi connectivity index (χ1) is 11.5. The van der Waals surface area contributed by atoms with E-state index in [1.165, 1.54) is 6.20 Å². The van der Waals surface area contributed by atoms with Gasteiger partial charge in [-0.2, -0.15) is 0 Å². The number of hydrogen-bond donors (Lipinski definition) is 2. The van der Waals surface area contributed by atoms with Gasteiger partial charge in [0, 0.05) is 25.5 Å². The number of likely N-dealkylation sites (tertiary alicyclic amines) is 1. The Morgan fingerprint density at radius 1 is 1.29 bits per heavy atom. The molecule has 126 valence electrons. The number of H-pyrrole nitrogens is 1. The summed E-state index contributed by atoms with van der Waals surface area (Å²) < 4.78 is 0. The number of carbonyl (C=O) groups excluding carboxylic acids is 2. The summed E-state index contributed by atoms with van der Waals surface area (Å²) in [6.45, 7) is 0.993. The van der Waals surface area contributed by atoms with Gasteiger partial charge in [0.1, 0.15) is 11.5 Å². The topological polar surface area (TPSA) is 78.1 Å². The highest BCUT2D eigenvalue weighted by molar-refractivity contribution is 6.31. The van der Waals surface area contributed by atoms with E-state index in [2.05, 4.69) is 15.3 Å². The first-order valence-electron chi connectivity index (χ1n) is 7.58. The van der Waals surface area contributed by atoms with E-state index in [9.17, 15) is 9.59 Å². The van der Waals surface area contributed by atoms with Crippen molar-refractivity contribution in [2.75, 3.05) is 18.4 Å². The summed E-state index contributed by atoms with van der Waals surface area (Å²) in [6.07, 6.45) is 4.54. The molecule has 0 aromatic carbocycles. The third-order valence-electron chi connectivity index (χ3n) is 3.94. The molecule has 0 aliphatic carbocycles. The van der Waals surface area contributed by atoms with Crippen LogP contribution in [-0.4, -0.2) is 39.8 Å². The van der Waals surface area contributed by atoms with Gasteiger partial charge in [-0.05, 0) is 31.0 Å². The minimum absolute atomic E-state index is 0.146. The van der Waals surface area contributed by atoms with E-state index < -0.39 is 0 Å². The van der Waals surface area contributed by atoms with E-state index in [0.29, 0.717) is 34.6 Å². The van der Waals surface area contributed by atoms with E-state index in [4.69, 9.17) is 23.2 Å². The third-order valence-corrected chi connectivity index (χ3v) is 4.38. The molecular formula is C16H16Cl2N4O2. The van der Waals surface area contributed by atoms with Crippen LogP contribution in [0.1, 0.15) is 23.3 Å². The number of aromatic nitrogens is 2. The molecule has 1 aliphatic heterocycles. The van der Waals surface area contributed by atoms with E-state index >= 15 is 0 Å². The predicted molar refractivity (Wildman–Crippen MR) is 92.3 cm³/mol. The molecule has 1 fully saturated rings. The zero-order valence-corrected chi connectivity index (χ0v) is 14.3. The highest BCUT2D eigenvalue weighted by Crippen LogP contribution is 2.21. The number of anilines is 1. The largest absolute Gasteiger partial charge is 0.356 e. The van der Waals surface area contributed by atoms with Gasteiger partial charge in [-0.25, -0.2) is 4.98 Å². The van der Waals surface area contributed by atoms with Crippen LogP contribution in [0.3, 0.4) is 0 Å². The number of piperidine rings is 1. The van der Waals surface area contributed by atoms with Crippen LogP contribution >= 0.6 is 23.2 Å². The van der Waals surface area contributed by atoms with Crippen LogP contribution in [0.4, 0.5) is 5.82 Å². The van der Waals surface area contributed by atoms with Gasteiger partial charge < -0.3 is 15.2 Å². The molecule has 1 aliphatic rings. The lowest BCUT2D eigenvalue weighted by Crippen LogP contribution is -2.43. The number of nitrogens with zero attached hydrogens (tertiary/aromatic N) is 2. The highest BCUT2D eigenvalue weighted by Gasteiger charge is 2.29. The Kier molecular flexibility index (Phi) is 5.06. The zero-order chi connectivity index (χ0) is 17.1. The summed E-state index contributed by atoms with van der Waals surface area (Å²) in [6, 6.07) is 4.90. The number of amides is 2. The van der Waals surface area contributed by atoms with Gasteiger partial charge in [0.25, 0.3) is 5.91 Å². The van der Waals surface area contributed by atoms with E-state index in [1.807, 2.05) is 0 Å². The molecule has 1 unspecified atom stereocenters. The summed E-state index contributed by atoms with van der Waals surface area (Å²) in [5.74, 6) is -0.120. The summed E-state index contributed by atoms with van der Waals surface area (Å²) in [5.41, 5.74) is 0.431. The fourth-order valence-corrected chi connectivity index (χ4v) is 2.99. The minimum Gasteiger partial charge on any atom is -0.356 e. The second-order valence-corrected chi connectivity index (χ2v) is 6.55. The Bertz CT molecular complexity index is 745. The van der Waals surface area contributed by atoms with Crippen molar-refractivity contribution in [2.24, 2.45) is 5.92 Å². The second-order valence-electron chi connectivity index (χ2n) is 5.67. The Morgan fingerprint density at radius 2 is 2.12 bits per heavy atom. The van der Waals surface area contributed by atoms with Crippen molar-refractivity contribution in [1.82, 2.24) is 14.9 Å². The third kappa shape index (κ3) is 3.88. The molecule has 0 bridgehead atoms. The molecule has 8 heteroatoms. The number of pyridine rings is 1. The Balaban J connectivity index is 1.63. The van der Waals surface area contributed by atoms with Crippen LogP contribution in [0.25, 0.3) is 0 Å². The molecule has 2 amide bonds. The fraction of sp³-hybridized carbons (Fsp3) is 0.312. The summed E-state index contributed by atoms with van der Waals surface area (Å²) in [4.78, 5) is 33.4. The summed E-state index contributed by atoms with van der Waals surface area (Å²) in [5, 5.41) is 3.76. The quantitative estimate of drug-likeness (QED) is 0.875. The fourth-order valence-electron chi connectivity index (χ4n) is 2.72. The minimum atomic E-state index is -0.273. The van der Waals surface area contributed by atoms with E-state index in [-0.39, 0.29) is 17.7 Å². The molecule has 2 aromatic rings. The first-order valence-corrected chi connectivity index (χ1v) is 8.34. The lowest BCUT2D eigenvalue weighted by atomic mass is 9.97. The molecule has 0 saturated carbocycles. The van der Waals surface area contributed by atoms with Crippen molar-refractivity contribution in [1.29, 1.82) is 0 Å². The average molecular weight is 367 g/mol. The number of halogens is 2. The van der Waals surface area contributed by atoms with Gasteiger partial charge in [0.15, 0.2) is 0 Å². The molecule has 6 nitrogen and oxygen atoms in total. The van der Waals surface area contributed by atoms with Crippen molar-refractivity contribution in [2.45, 2.75) is 12.8 Å². The highest BCUT2D eigenvalue weighted by atomic mass is 35.5. The summed E-state index contributed by atoms with van der Waals surface area (Å²) in [7, 11) is 0. The van der Waals surface area contributed by atoms with Crippen molar-refractivity contribution in [3.63, 3.8) is 0 Å². The van der Waals surface area contributed by atoms with Crippen LogP contribution in [0.15, 0.2) is 30.6 Å². The standard InChI is InChI=1S/C16H16Cl2N4O2/c17-11-3-4-14(20-7-11)21-15(23)10-2-1-5-22(9-10)16(24)13-6-12(18)8-19-13/h3-4,6-8,10,19H,1-2,5,9H2,(H,20,21,23). The SMILES string of the molecule is O=C(Nc1ccc(Cl)cn1)C1CCCN(C(=O)c2cc(Cl)c[nH]2)C1. The predicted octanol–water partition coefficient (Wildman–Crippen LogP) is 3.21. The van der Waals surface area contributed by atoms with Crippen molar-refractivity contribution < 1.29 is 9.59 Å². The molecule has 2 aromatic heterocycles. The monoisotopic (exact) mass is 366 g/mol. The molecule has 1 saturated heterocycles. The molecule has 2 N–H and O–H groups in total. The maximum absolute atomic E-state index is 12.5. The molecule has 0 spiro atoms. The van der Waals surface area contributed by atoms with Gasteiger partial charge in [-0.15, -0.1) is 0 Å². The number of rotatable bonds is 3. The van der Waals surface area contributed by atoms with Gasteiger partial charge in [-0.3, -0.25) is 9.59 Å². The van der Waals surface area contributed by atoms with Gasteiger partial charge in [0.2, 0.25) is 5.91 Å². The number of aromatic amines is 1. The zero-order valence-electron chi connectivity index (χ0n) is 12.8. The second kappa shape index (κ2) is 7.23.